The number of piperidine rings is 1. The Labute approximate surface area is 110 Å². The van der Waals surface area contributed by atoms with Crippen LogP contribution in [0.3, 0.4) is 0 Å². The Morgan fingerprint density at radius 2 is 2.22 bits per heavy atom. The molecular weight excluding hydrogens is 228 g/mol. The van der Waals surface area contributed by atoms with Crippen LogP contribution in [0, 0.1) is 5.92 Å². The molecule has 2 saturated heterocycles. The summed E-state index contributed by atoms with van der Waals surface area (Å²) in [5.41, 5.74) is 0. The van der Waals surface area contributed by atoms with Gasteiger partial charge in [-0.25, -0.2) is 0 Å². The number of nitrogens with zero attached hydrogens (tertiary/aromatic N) is 2. The van der Waals surface area contributed by atoms with Crippen molar-refractivity contribution in [1.82, 2.24) is 9.80 Å². The minimum atomic E-state index is 0.143. The predicted octanol–water partition coefficient (Wildman–Crippen LogP) is 1.09. The zero-order valence-electron chi connectivity index (χ0n) is 11.6. The van der Waals surface area contributed by atoms with Gasteiger partial charge in [-0.05, 0) is 32.7 Å². The highest BCUT2D eigenvalue weighted by Crippen LogP contribution is 2.25. The van der Waals surface area contributed by atoms with Crippen molar-refractivity contribution in [1.29, 1.82) is 0 Å². The largest absolute Gasteiger partial charge is 0.396 e. The maximum Gasteiger partial charge on any atom is 0.223 e. The van der Waals surface area contributed by atoms with E-state index in [0.29, 0.717) is 18.5 Å². The number of hydrogen-bond acceptors (Lipinski definition) is 3. The molecule has 104 valence electrons. The van der Waals surface area contributed by atoms with Crippen molar-refractivity contribution in [3.05, 3.63) is 0 Å². The molecule has 0 saturated carbocycles. The summed E-state index contributed by atoms with van der Waals surface area (Å²) in [7, 11) is 0. The number of hydrogen-bond donors (Lipinski definition) is 1. The van der Waals surface area contributed by atoms with E-state index in [1.807, 2.05) is 4.90 Å². The average Bonchev–Trinajstić information content (AvgIpc) is 2.79. The van der Waals surface area contributed by atoms with Crippen LogP contribution in [-0.2, 0) is 4.79 Å². The molecule has 1 N–H and O–H groups in total. The van der Waals surface area contributed by atoms with E-state index < -0.39 is 0 Å². The predicted molar refractivity (Wildman–Crippen MR) is 71.3 cm³/mol. The topological polar surface area (TPSA) is 43.8 Å². The van der Waals surface area contributed by atoms with Crippen molar-refractivity contribution < 1.29 is 9.90 Å². The van der Waals surface area contributed by atoms with Crippen LogP contribution in [0.4, 0.5) is 0 Å². The number of carbonyl (C=O) groups excluding carboxylic acids is 1. The maximum atomic E-state index is 12.0. The third-order valence-corrected chi connectivity index (χ3v) is 4.58. The molecule has 0 bridgehead atoms. The van der Waals surface area contributed by atoms with Crippen LogP contribution in [0.2, 0.25) is 0 Å². The Balaban J connectivity index is 1.94. The maximum absolute atomic E-state index is 12.0. The van der Waals surface area contributed by atoms with Crippen molar-refractivity contribution >= 4 is 5.91 Å². The van der Waals surface area contributed by atoms with E-state index in [1.54, 1.807) is 0 Å². The van der Waals surface area contributed by atoms with E-state index in [4.69, 9.17) is 0 Å². The minimum absolute atomic E-state index is 0.143. The van der Waals surface area contributed by atoms with Gasteiger partial charge < -0.3 is 10.0 Å². The van der Waals surface area contributed by atoms with E-state index in [0.717, 1.165) is 26.1 Å². The van der Waals surface area contributed by atoms with Crippen molar-refractivity contribution in [3.63, 3.8) is 0 Å². The monoisotopic (exact) mass is 254 g/mol. The normalized spacial score (nSPS) is 31.9. The van der Waals surface area contributed by atoms with Crippen LogP contribution >= 0.6 is 0 Å². The van der Waals surface area contributed by atoms with Crippen LogP contribution in [-0.4, -0.2) is 59.1 Å². The molecule has 0 spiro atoms. The first-order valence-corrected chi connectivity index (χ1v) is 7.30. The van der Waals surface area contributed by atoms with Gasteiger partial charge in [0, 0.05) is 44.1 Å². The lowest BCUT2D eigenvalue weighted by Gasteiger charge is -2.40. The Morgan fingerprint density at radius 1 is 1.44 bits per heavy atom. The van der Waals surface area contributed by atoms with Crippen LogP contribution in [0.5, 0.6) is 0 Å². The van der Waals surface area contributed by atoms with Crippen LogP contribution in [0.25, 0.3) is 0 Å². The van der Waals surface area contributed by atoms with Gasteiger partial charge in [-0.2, -0.15) is 0 Å². The summed E-state index contributed by atoms with van der Waals surface area (Å²) in [6.07, 6.45) is 4.01. The molecule has 0 aromatic heterocycles. The van der Waals surface area contributed by atoms with E-state index in [9.17, 15) is 9.90 Å². The Hall–Kier alpha value is -0.610. The summed E-state index contributed by atoms with van der Waals surface area (Å²) in [5.74, 6) is 0.404. The smallest absolute Gasteiger partial charge is 0.223 e. The lowest BCUT2D eigenvalue weighted by atomic mass is 10.0. The zero-order chi connectivity index (χ0) is 13.1. The lowest BCUT2D eigenvalue weighted by Crippen LogP contribution is -2.50. The molecule has 18 heavy (non-hydrogen) atoms. The Morgan fingerprint density at radius 3 is 2.83 bits per heavy atom. The molecule has 0 aromatic carbocycles. The second-order valence-corrected chi connectivity index (χ2v) is 5.85. The van der Waals surface area contributed by atoms with Gasteiger partial charge in [0.2, 0.25) is 5.91 Å². The molecule has 3 unspecified atom stereocenters. The van der Waals surface area contributed by atoms with Gasteiger partial charge in [-0.1, -0.05) is 6.92 Å². The lowest BCUT2D eigenvalue weighted by molar-refractivity contribution is -0.130. The second-order valence-electron chi connectivity index (χ2n) is 5.85. The van der Waals surface area contributed by atoms with E-state index in [-0.39, 0.29) is 18.4 Å². The Kier molecular flexibility index (Phi) is 4.62. The van der Waals surface area contributed by atoms with Crippen LogP contribution in [0.1, 0.15) is 39.5 Å². The molecule has 4 heteroatoms. The molecule has 2 aliphatic heterocycles. The molecule has 0 aromatic rings. The Bertz CT molecular complexity index is 296. The summed E-state index contributed by atoms with van der Waals surface area (Å²) in [4.78, 5) is 16.5. The minimum Gasteiger partial charge on any atom is -0.396 e. The molecule has 0 aliphatic carbocycles. The van der Waals surface area contributed by atoms with Crippen molar-refractivity contribution in [2.45, 2.75) is 51.6 Å². The molecule has 3 atom stereocenters. The first kappa shape index (κ1) is 13.8. The number of likely N-dealkylation sites (tertiary alicyclic amines) is 2. The highest BCUT2D eigenvalue weighted by Gasteiger charge is 2.36. The fourth-order valence-corrected chi connectivity index (χ4v) is 3.18. The summed E-state index contributed by atoms with van der Waals surface area (Å²) in [6.45, 7) is 7.57. The summed E-state index contributed by atoms with van der Waals surface area (Å²) in [6, 6.07) is 0.982. The van der Waals surface area contributed by atoms with E-state index >= 15 is 0 Å². The van der Waals surface area contributed by atoms with E-state index in [1.165, 1.54) is 12.8 Å². The van der Waals surface area contributed by atoms with Crippen LogP contribution in [0.15, 0.2) is 0 Å². The molecular formula is C14H26N2O2. The molecule has 2 rings (SSSR count). The first-order valence-electron chi connectivity index (χ1n) is 7.30. The molecule has 4 nitrogen and oxygen atoms in total. The van der Waals surface area contributed by atoms with Gasteiger partial charge in [0.15, 0.2) is 0 Å². The highest BCUT2D eigenvalue weighted by molar-refractivity contribution is 5.79. The number of amides is 1. The fraction of sp³-hybridized carbons (Fsp3) is 0.929. The van der Waals surface area contributed by atoms with Gasteiger partial charge in [-0.15, -0.1) is 0 Å². The molecule has 2 aliphatic rings. The van der Waals surface area contributed by atoms with Gasteiger partial charge >= 0.3 is 0 Å². The van der Waals surface area contributed by atoms with Gasteiger partial charge in [0.25, 0.3) is 0 Å². The zero-order valence-corrected chi connectivity index (χ0v) is 11.6. The van der Waals surface area contributed by atoms with Crippen molar-refractivity contribution in [3.8, 4) is 0 Å². The number of carbonyl (C=O) groups is 1. The highest BCUT2D eigenvalue weighted by atomic mass is 16.3. The molecule has 2 fully saturated rings. The third kappa shape index (κ3) is 2.86. The standard InChI is InChI=1S/C14H26N2O2/c1-3-11(2)15-6-4-5-13(9-15)16-8-12(10-17)7-14(16)18/h11-13,17H,3-10H2,1-2H3. The number of rotatable bonds is 4. The summed E-state index contributed by atoms with van der Waals surface area (Å²) in [5, 5.41) is 9.19. The quantitative estimate of drug-likeness (QED) is 0.817. The molecule has 1 amide bonds. The van der Waals surface area contributed by atoms with Crippen LogP contribution < -0.4 is 0 Å². The fourth-order valence-electron chi connectivity index (χ4n) is 3.18. The van der Waals surface area contributed by atoms with E-state index in [2.05, 4.69) is 18.7 Å². The summed E-state index contributed by atoms with van der Waals surface area (Å²) < 4.78 is 0. The van der Waals surface area contributed by atoms with Gasteiger partial charge in [-0.3, -0.25) is 9.69 Å². The van der Waals surface area contributed by atoms with Gasteiger partial charge in [0.05, 0.1) is 0 Å². The first-order chi connectivity index (χ1) is 8.65. The molecule has 2 heterocycles. The summed E-state index contributed by atoms with van der Waals surface area (Å²) >= 11 is 0. The number of aliphatic hydroxyl groups excluding tert-OH is 1. The van der Waals surface area contributed by atoms with Gasteiger partial charge in [0.1, 0.15) is 0 Å². The number of aliphatic hydroxyl groups is 1. The molecule has 0 radical (unpaired) electrons. The van der Waals surface area contributed by atoms with Crippen molar-refractivity contribution in [2.75, 3.05) is 26.2 Å². The second kappa shape index (κ2) is 6.02. The SMILES string of the molecule is CCC(C)N1CCCC(N2CC(CO)CC2=O)C1. The third-order valence-electron chi connectivity index (χ3n) is 4.58. The van der Waals surface area contributed by atoms with Crippen molar-refractivity contribution in [2.24, 2.45) is 5.92 Å². The average molecular weight is 254 g/mol.